The summed E-state index contributed by atoms with van der Waals surface area (Å²) in [5.74, 6) is -0.354. The minimum absolute atomic E-state index is 0.354. The molecule has 0 aromatic heterocycles. The van der Waals surface area contributed by atoms with E-state index in [0.717, 1.165) is 11.0 Å². The summed E-state index contributed by atoms with van der Waals surface area (Å²) < 4.78 is 5.75. The van der Waals surface area contributed by atoms with Gasteiger partial charge in [0.15, 0.2) is 0 Å². The van der Waals surface area contributed by atoms with Crippen molar-refractivity contribution in [1.29, 1.82) is 0 Å². The average Bonchev–Trinajstić information content (AvgIpc) is 2.15. The van der Waals surface area contributed by atoms with E-state index in [2.05, 4.69) is 32.5 Å². The molecule has 0 amide bonds. The molecular formula is C11H23N2O2+. The summed E-state index contributed by atoms with van der Waals surface area (Å²) in [6.45, 7) is 6.72. The Balaban J connectivity index is 4.03. The summed E-state index contributed by atoms with van der Waals surface area (Å²) in [7, 11) is 8.32. The van der Waals surface area contributed by atoms with E-state index in [9.17, 15) is 4.79 Å². The first-order valence-electron chi connectivity index (χ1n) is 5.09. The third kappa shape index (κ3) is 4.95. The third-order valence-electron chi connectivity index (χ3n) is 2.84. The van der Waals surface area contributed by atoms with Crippen LogP contribution < -0.4 is 0 Å². The van der Waals surface area contributed by atoms with Crippen LogP contribution in [0.5, 0.6) is 0 Å². The van der Waals surface area contributed by atoms with Crippen molar-refractivity contribution in [3.63, 3.8) is 0 Å². The van der Waals surface area contributed by atoms with Gasteiger partial charge >= 0.3 is 5.97 Å². The number of rotatable bonds is 6. The molecule has 0 aliphatic rings. The van der Waals surface area contributed by atoms with E-state index in [1.165, 1.54) is 6.08 Å². The zero-order chi connectivity index (χ0) is 12.1. The predicted molar refractivity (Wildman–Crippen MR) is 61.3 cm³/mol. The maximum Gasteiger partial charge on any atom is 0.330 e. The number of hydrogen-bond donors (Lipinski definition) is 0. The Hall–Kier alpha value is -0.870. The minimum atomic E-state index is -0.354. The molecule has 0 bridgehead atoms. The Morgan fingerprint density at radius 2 is 2.07 bits per heavy atom. The fraction of sp³-hybridized carbons (Fsp3) is 0.727. The second-order valence-electron chi connectivity index (χ2n) is 4.47. The van der Waals surface area contributed by atoms with Gasteiger partial charge in [0.1, 0.15) is 19.3 Å². The minimum Gasteiger partial charge on any atom is -0.457 e. The summed E-state index contributed by atoms with van der Waals surface area (Å²) in [5.41, 5.74) is 0. The quantitative estimate of drug-likeness (QED) is 0.283. The molecule has 0 N–H and O–H groups in total. The molecule has 0 aromatic rings. The number of likely N-dealkylation sites (N-methyl/N-ethyl adjacent to an activating group) is 1. The lowest BCUT2D eigenvalue weighted by molar-refractivity contribution is -0.924. The van der Waals surface area contributed by atoms with Crippen LogP contribution in [0.15, 0.2) is 12.7 Å². The van der Waals surface area contributed by atoms with E-state index < -0.39 is 0 Å². The highest BCUT2D eigenvalue weighted by Gasteiger charge is 2.25. The van der Waals surface area contributed by atoms with Crippen molar-refractivity contribution in [1.82, 2.24) is 4.90 Å². The van der Waals surface area contributed by atoms with Crippen LogP contribution in [-0.2, 0) is 9.53 Å². The van der Waals surface area contributed by atoms with Crippen molar-refractivity contribution >= 4 is 5.97 Å². The van der Waals surface area contributed by atoms with Gasteiger partial charge in [0.05, 0.1) is 14.1 Å². The van der Waals surface area contributed by atoms with Crippen LogP contribution in [0.4, 0.5) is 0 Å². The predicted octanol–water partition coefficient (Wildman–Crippen LogP) is 0.700. The topological polar surface area (TPSA) is 29.5 Å². The number of ether oxygens (including phenoxy) is 1. The molecule has 0 rings (SSSR count). The number of quaternary nitrogens is 1. The molecule has 0 saturated heterocycles. The van der Waals surface area contributed by atoms with Crippen molar-refractivity contribution in [2.75, 3.05) is 41.3 Å². The Bertz CT molecular complexity index is 225. The molecule has 4 nitrogen and oxygen atoms in total. The first-order chi connectivity index (χ1) is 6.81. The highest BCUT2D eigenvalue weighted by atomic mass is 16.5. The first kappa shape index (κ1) is 14.1. The second kappa shape index (κ2) is 5.88. The Kier molecular flexibility index (Phi) is 5.54. The van der Waals surface area contributed by atoms with Crippen molar-refractivity contribution in [2.45, 2.75) is 13.1 Å². The molecule has 0 radical (unpaired) electrons. The van der Waals surface area contributed by atoms with Crippen molar-refractivity contribution in [3.05, 3.63) is 12.7 Å². The van der Waals surface area contributed by atoms with E-state index in [-0.39, 0.29) is 5.97 Å². The van der Waals surface area contributed by atoms with Gasteiger partial charge in [-0.3, -0.25) is 4.90 Å². The molecule has 0 aliphatic carbocycles. The molecular weight excluding hydrogens is 192 g/mol. The summed E-state index contributed by atoms with van der Waals surface area (Å²) in [5, 5.41) is 0. The van der Waals surface area contributed by atoms with Gasteiger partial charge in [-0.15, -0.1) is 0 Å². The molecule has 4 heteroatoms. The molecule has 1 atom stereocenters. The number of hydrogen-bond acceptors (Lipinski definition) is 3. The van der Waals surface area contributed by atoms with Gasteiger partial charge in [-0.2, -0.15) is 0 Å². The van der Waals surface area contributed by atoms with Crippen LogP contribution in [0.25, 0.3) is 0 Å². The smallest absolute Gasteiger partial charge is 0.330 e. The van der Waals surface area contributed by atoms with Gasteiger partial charge in [-0.1, -0.05) is 6.58 Å². The van der Waals surface area contributed by atoms with E-state index in [1.54, 1.807) is 0 Å². The SMILES string of the molecule is C=CC(=O)OCC[N+](C)(C)C(C)N(C)C. The Labute approximate surface area is 92.7 Å². The molecule has 1 unspecified atom stereocenters. The van der Waals surface area contributed by atoms with Crippen LogP contribution in [0.1, 0.15) is 6.92 Å². The van der Waals surface area contributed by atoms with E-state index >= 15 is 0 Å². The standard InChI is InChI=1S/C11H23N2O2/c1-7-11(14)15-9-8-13(5,6)10(2)12(3)4/h7,10H,1,8-9H2,2-6H3/q+1. The van der Waals surface area contributed by atoms with Gasteiger partial charge in [0.25, 0.3) is 0 Å². The van der Waals surface area contributed by atoms with Crippen LogP contribution >= 0.6 is 0 Å². The van der Waals surface area contributed by atoms with Gasteiger partial charge in [0.2, 0.25) is 0 Å². The highest BCUT2D eigenvalue weighted by Crippen LogP contribution is 2.07. The van der Waals surface area contributed by atoms with Crippen molar-refractivity contribution < 1.29 is 14.0 Å². The number of esters is 1. The molecule has 0 aliphatic heterocycles. The molecule has 0 saturated carbocycles. The van der Waals surface area contributed by atoms with Crippen LogP contribution in [0.3, 0.4) is 0 Å². The lowest BCUT2D eigenvalue weighted by Gasteiger charge is -2.39. The summed E-state index contributed by atoms with van der Waals surface area (Å²) >= 11 is 0. The third-order valence-corrected chi connectivity index (χ3v) is 2.84. The molecule has 0 spiro atoms. The fourth-order valence-electron chi connectivity index (χ4n) is 1.25. The molecule has 0 heterocycles. The normalized spacial score (nSPS) is 13.7. The van der Waals surface area contributed by atoms with Gasteiger partial charge in [-0.25, -0.2) is 4.79 Å². The summed E-state index contributed by atoms with van der Waals surface area (Å²) in [4.78, 5) is 13.0. The van der Waals surface area contributed by atoms with Gasteiger partial charge < -0.3 is 9.22 Å². The van der Waals surface area contributed by atoms with E-state index in [1.807, 2.05) is 14.1 Å². The summed E-state index contributed by atoms with van der Waals surface area (Å²) in [6, 6.07) is 0. The van der Waals surface area contributed by atoms with Crippen LogP contribution in [-0.4, -0.2) is 62.9 Å². The highest BCUT2D eigenvalue weighted by molar-refractivity contribution is 5.81. The van der Waals surface area contributed by atoms with Gasteiger partial charge in [-0.05, 0) is 14.1 Å². The number of carbonyl (C=O) groups excluding carboxylic acids is 1. The van der Waals surface area contributed by atoms with Gasteiger partial charge in [0, 0.05) is 13.0 Å². The molecule has 88 valence electrons. The Morgan fingerprint density at radius 3 is 2.47 bits per heavy atom. The maximum atomic E-state index is 10.8. The summed E-state index contributed by atoms with van der Waals surface area (Å²) in [6.07, 6.45) is 1.57. The number of carbonyl (C=O) groups is 1. The lowest BCUT2D eigenvalue weighted by Crippen LogP contribution is -2.55. The lowest BCUT2D eigenvalue weighted by atomic mass is 10.3. The van der Waals surface area contributed by atoms with E-state index in [4.69, 9.17) is 4.74 Å². The number of nitrogens with zero attached hydrogens (tertiary/aromatic N) is 2. The molecule has 0 aromatic carbocycles. The maximum absolute atomic E-state index is 10.8. The van der Waals surface area contributed by atoms with Crippen LogP contribution in [0, 0.1) is 0 Å². The van der Waals surface area contributed by atoms with Crippen molar-refractivity contribution in [3.8, 4) is 0 Å². The van der Waals surface area contributed by atoms with Crippen LogP contribution in [0.2, 0.25) is 0 Å². The zero-order valence-corrected chi connectivity index (χ0v) is 10.5. The van der Waals surface area contributed by atoms with Crippen molar-refractivity contribution in [2.24, 2.45) is 0 Å². The molecule has 0 fully saturated rings. The first-order valence-corrected chi connectivity index (χ1v) is 5.09. The monoisotopic (exact) mass is 215 g/mol. The average molecular weight is 215 g/mol. The van der Waals surface area contributed by atoms with E-state index in [0.29, 0.717) is 12.8 Å². The fourth-order valence-corrected chi connectivity index (χ4v) is 1.25. The zero-order valence-electron chi connectivity index (χ0n) is 10.5. The second-order valence-corrected chi connectivity index (χ2v) is 4.47. The largest absolute Gasteiger partial charge is 0.457 e. The Morgan fingerprint density at radius 1 is 1.53 bits per heavy atom. The molecule has 15 heavy (non-hydrogen) atoms.